The molecule has 0 aliphatic carbocycles. The smallest absolute Gasteiger partial charge is 0.264 e. The van der Waals surface area contributed by atoms with Crippen molar-refractivity contribution >= 4 is 33.2 Å². The lowest BCUT2D eigenvalue weighted by Crippen LogP contribution is -2.29. The van der Waals surface area contributed by atoms with Crippen LogP contribution in [0.3, 0.4) is 0 Å². The van der Waals surface area contributed by atoms with Gasteiger partial charge >= 0.3 is 0 Å². The molecule has 0 bridgehead atoms. The van der Waals surface area contributed by atoms with Crippen LogP contribution in [-0.2, 0) is 10.0 Å². The molecule has 0 heterocycles. The molecule has 0 saturated carbocycles. The van der Waals surface area contributed by atoms with E-state index < -0.39 is 10.0 Å². The topological polar surface area (TPSA) is 66.9 Å². The van der Waals surface area contributed by atoms with Crippen LogP contribution >= 0.6 is 11.6 Å². The summed E-state index contributed by atoms with van der Waals surface area (Å²) in [4.78, 5) is 14.4. The summed E-state index contributed by atoms with van der Waals surface area (Å²) in [5.74, 6) is 0.524. The largest absolute Gasteiger partial charge is 0.494 e. The summed E-state index contributed by atoms with van der Waals surface area (Å²) in [5, 5.41) is 0.436. The maximum atomic E-state index is 13.1. The van der Waals surface area contributed by atoms with Gasteiger partial charge in [-0.1, -0.05) is 41.9 Å². The van der Waals surface area contributed by atoms with Crippen molar-refractivity contribution < 1.29 is 17.9 Å². The number of carbonyl (C=O) groups is 1. The highest BCUT2D eigenvalue weighted by atomic mass is 35.5. The van der Waals surface area contributed by atoms with Crippen molar-refractivity contribution in [3.63, 3.8) is 0 Å². The molecule has 0 aromatic heterocycles. The fraction of sp³-hybridized carbons (Fsp3) is 0.208. The van der Waals surface area contributed by atoms with Gasteiger partial charge in [-0.3, -0.25) is 9.10 Å². The number of ether oxygens (including phenoxy) is 1. The first-order valence-electron chi connectivity index (χ1n) is 10.1. The van der Waals surface area contributed by atoms with Crippen molar-refractivity contribution in [2.75, 3.05) is 31.6 Å². The quantitative estimate of drug-likeness (QED) is 0.423. The van der Waals surface area contributed by atoms with E-state index in [1.165, 1.54) is 19.2 Å². The maximum Gasteiger partial charge on any atom is 0.264 e. The van der Waals surface area contributed by atoms with E-state index >= 15 is 0 Å². The molecular weight excluding hydrogens is 448 g/mol. The van der Waals surface area contributed by atoms with Gasteiger partial charge < -0.3 is 9.64 Å². The Hall–Kier alpha value is -3.03. The van der Waals surface area contributed by atoms with Crippen LogP contribution in [-0.4, -0.2) is 46.5 Å². The second-order valence-electron chi connectivity index (χ2n) is 7.22. The minimum atomic E-state index is -3.86. The molecule has 32 heavy (non-hydrogen) atoms. The van der Waals surface area contributed by atoms with Gasteiger partial charge in [-0.05, 0) is 55.0 Å². The minimum absolute atomic E-state index is 0.0339. The van der Waals surface area contributed by atoms with Gasteiger partial charge in [-0.15, -0.1) is 0 Å². The fourth-order valence-corrected chi connectivity index (χ4v) is 4.51. The highest BCUT2D eigenvalue weighted by Gasteiger charge is 2.23. The minimum Gasteiger partial charge on any atom is -0.494 e. The van der Waals surface area contributed by atoms with E-state index in [4.69, 9.17) is 16.3 Å². The zero-order chi connectivity index (χ0) is 23.1. The summed E-state index contributed by atoms with van der Waals surface area (Å²) in [6, 6.07) is 22.1. The number of para-hydroxylation sites is 1. The summed E-state index contributed by atoms with van der Waals surface area (Å²) in [7, 11) is -0.721. The average Bonchev–Trinajstić information content (AvgIpc) is 2.81. The van der Waals surface area contributed by atoms with Gasteiger partial charge in [0.15, 0.2) is 0 Å². The Morgan fingerprint density at radius 2 is 1.66 bits per heavy atom. The molecule has 3 aromatic carbocycles. The lowest BCUT2D eigenvalue weighted by Gasteiger charge is -2.21. The second kappa shape index (κ2) is 10.5. The van der Waals surface area contributed by atoms with E-state index in [1.54, 1.807) is 48.3 Å². The SMILES string of the molecule is CN(CCCOc1ccccc1)C(=O)c1cccc(S(=O)(=O)N(C)c2cccc(Cl)c2)c1. The molecule has 0 atom stereocenters. The highest BCUT2D eigenvalue weighted by molar-refractivity contribution is 7.92. The van der Waals surface area contributed by atoms with Crippen molar-refractivity contribution in [3.05, 3.63) is 89.4 Å². The highest BCUT2D eigenvalue weighted by Crippen LogP contribution is 2.25. The van der Waals surface area contributed by atoms with Gasteiger partial charge in [0.05, 0.1) is 17.2 Å². The van der Waals surface area contributed by atoms with Crippen LogP contribution in [0.4, 0.5) is 5.69 Å². The normalized spacial score (nSPS) is 11.1. The number of anilines is 1. The van der Waals surface area contributed by atoms with Gasteiger partial charge in [-0.2, -0.15) is 0 Å². The molecule has 3 rings (SSSR count). The summed E-state index contributed by atoms with van der Waals surface area (Å²) < 4.78 is 32.9. The van der Waals surface area contributed by atoms with Gasteiger partial charge in [0.25, 0.3) is 15.9 Å². The molecule has 0 radical (unpaired) electrons. The third kappa shape index (κ3) is 5.81. The van der Waals surface area contributed by atoms with Gasteiger partial charge in [0, 0.05) is 31.2 Å². The van der Waals surface area contributed by atoms with Crippen molar-refractivity contribution in [2.45, 2.75) is 11.3 Å². The second-order valence-corrected chi connectivity index (χ2v) is 9.63. The summed E-state index contributed by atoms with van der Waals surface area (Å²) in [6.45, 7) is 0.950. The molecular formula is C24H25ClN2O4S. The first kappa shape index (κ1) is 23.6. The van der Waals surface area contributed by atoms with Gasteiger partial charge in [-0.25, -0.2) is 8.42 Å². The van der Waals surface area contributed by atoms with Crippen LogP contribution in [0.1, 0.15) is 16.8 Å². The van der Waals surface area contributed by atoms with Gasteiger partial charge in [0.1, 0.15) is 5.75 Å². The number of rotatable bonds is 9. The monoisotopic (exact) mass is 472 g/mol. The summed E-state index contributed by atoms with van der Waals surface area (Å²) >= 11 is 5.99. The van der Waals surface area contributed by atoms with Crippen molar-refractivity contribution in [1.82, 2.24) is 4.90 Å². The lowest BCUT2D eigenvalue weighted by molar-refractivity contribution is 0.0787. The first-order valence-corrected chi connectivity index (χ1v) is 11.9. The van der Waals surface area contributed by atoms with Crippen LogP contribution in [0.5, 0.6) is 5.75 Å². The molecule has 0 N–H and O–H groups in total. The molecule has 6 nitrogen and oxygen atoms in total. The molecule has 0 saturated heterocycles. The fourth-order valence-electron chi connectivity index (χ4n) is 3.09. The molecule has 0 fully saturated rings. The number of carbonyl (C=O) groups excluding carboxylic acids is 1. The van der Waals surface area contributed by atoms with E-state index in [2.05, 4.69) is 0 Å². The standard InChI is InChI=1S/C24H25ClN2O4S/c1-26(15-8-16-31-22-12-4-3-5-13-22)24(28)19-9-6-14-23(17-19)32(29,30)27(2)21-11-7-10-20(25)18-21/h3-7,9-14,17-18H,8,15-16H2,1-2H3. The molecule has 0 unspecified atom stereocenters. The lowest BCUT2D eigenvalue weighted by atomic mass is 10.2. The van der Waals surface area contributed by atoms with E-state index in [9.17, 15) is 13.2 Å². The van der Waals surface area contributed by atoms with Crippen LogP contribution in [0.25, 0.3) is 0 Å². The van der Waals surface area contributed by atoms with Crippen molar-refractivity contribution in [2.24, 2.45) is 0 Å². The molecule has 8 heteroatoms. The summed E-state index contributed by atoms with van der Waals surface area (Å²) in [6.07, 6.45) is 0.645. The molecule has 0 aliphatic heterocycles. The maximum absolute atomic E-state index is 13.1. The zero-order valence-corrected chi connectivity index (χ0v) is 19.5. The predicted octanol–water partition coefficient (Wildman–Crippen LogP) is 4.71. The molecule has 1 amide bonds. The summed E-state index contributed by atoms with van der Waals surface area (Å²) in [5.41, 5.74) is 0.738. The van der Waals surface area contributed by atoms with E-state index in [0.717, 1.165) is 10.1 Å². The Morgan fingerprint density at radius 1 is 0.938 bits per heavy atom. The van der Waals surface area contributed by atoms with E-state index in [-0.39, 0.29) is 10.8 Å². The predicted molar refractivity (Wildman–Crippen MR) is 127 cm³/mol. The number of hydrogen-bond donors (Lipinski definition) is 0. The Morgan fingerprint density at radius 3 is 2.38 bits per heavy atom. The number of amides is 1. The van der Waals surface area contributed by atoms with Gasteiger partial charge in [0.2, 0.25) is 0 Å². The Labute approximate surface area is 194 Å². The number of benzene rings is 3. The number of nitrogens with zero attached hydrogens (tertiary/aromatic N) is 2. The third-order valence-corrected chi connectivity index (χ3v) is 6.92. The number of halogens is 1. The molecule has 3 aromatic rings. The van der Waals surface area contributed by atoms with Crippen molar-refractivity contribution in [3.8, 4) is 5.75 Å². The molecule has 0 aliphatic rings. The Bertz CT molecular complexity index is 1170. The van der Waals surface area contributed by atoms with Crippen LogP contribution in [0.2, 0.25) is 5.02 Å². The van der Waals surface area contributed by atoms with E-state index in [0.29, 0.717) is 35.8 Å². The number of sulfonamides is 1. The van der Waals surface area contributed by atoms with Crippen LogP contribution < -0.4 is 9.04 Å². The van der Waals surface area contributed by atoms with Crippen LogP contribution in [0.15, 0.2) is 83.8 Å². The Kier molecular flexibility index (Phi) is 7.77. The Balaban J connectivity index is 1.65. The first-order chi connectivity index (χ1) is 15.3. The molecule has 0 spiro atoms. The number of hydrogen-bond acceptors (Lipinski definition) is 4. The third-order valence-electron chi connectivity index (χ3n) is 4.91. The van der Waals surface area contributed by atoms with Crippen LogP contribution in [0, 0.1) is 0 Å². The zero-order valence-electron chi connectivity index (χ0n) is 17.9. The molecule has 168 valence electrons. The van der Waals surface area contributed by atoms with E-state index in [1.807, 2.05) is 30.3 Å². The van der Waals surface area contributed by atoms with Crippen molar-refractivity contribution in [1.29, 1.82) is 0 Å². The average molecular weight is 473 g/mol.